The van der Waals surface area contributed by atoms with E-state index in [1.165, 1.54) is 16.8 Å². The van der Waals surface area contributed by atoms with Crippen LogP contribution in [0.2, 0.25) is 0 Å². The van der Waals surface area contributed by atoms with Crippen LogP contribution in [0.3, 0.4) is 0 Å². The van der Waals surface area contributed by atoms with Gasteiger partial charge in [-0.25, -0.2) is 4.98 Å². The van der Waals surface area contributed by atoms with Crippen LogP contribution in [-0.4, -0.2) is 4.98 Å². The summed E-state index contributed by atoms with van der Waals surface area (Å²) in [5.74, 6) is 0.906. The van der Waals surface area contributed by atoms with Gasteiger partial charge in [-0.3, -0.25) is 0 Å². The van der Waals surface area contributed by atoms with Crippen molar-refractivity contribution in [2.24, 2.45) is 0 Å². The van der Waals surface area contributed by atoms with Gasteiger partial charge >= 0.3 is 0 Å². The van der Waals surface area contributed by atoms with E-state index in [1.807, 2.05) is 24.4 Å². The lowest BCUT2D eigenvalue weighted by atomic mass is 10.0. The Kier molecular flexibility index (Phi) is 3.76. The van der Waals surface area contributed by atoms with E-state index >= 15 is 0 Å². The highest BCUT2D eigenvalue weighted by Gasteiger charge is 2.06. The van der Waals surface area contributed by atoms with Crippen molar-refractivity contribution in [1.82, 2.24) is 4.98 Å². The van der Waals surface area contributed by atoms with Crippen LogP contribution >= 0.6 is 0 Å². The van der Waals surface area contributed by atoms with E-state index in [-0.39, 0.29) is 0 Å². The minimum absolute atomic E-state index is 0.906. The Morgan fingerprint density at radius 1 is 0.941 bits per heavy atom. The zero-order valence-corrected chi connectivity index (χ0v) is 10.4. The smallest absolute Gasteiger partial charge is 0.130 e. The number of pyridine rings is 1. The highest BCUT2D eigenvalue weighted by atomic mass is 15.0. The van der Waals surface area contributed by atoms with E-state index in [9.17, 15) is 0 Å². The zero-order chi connectivity index (χ0) is 12.1. The summed E-state index contributed by atoms with van der Waals surface area (Å²) in [5, 5.41) is 3.43. The van der Waals surface area contributed by atoms with Crippen LogP contribution in [0, 0.1) is 0 Å². The summed E-state index contributed by atoms with van der Waals surface area (Å²) in [6.45, 7) is 4.36. The molecule has 0 atom stereocenters. The monoisotopic (exact) mass is 226 g/mol. The third-order valence-corrected chi connectivity index (χ3v) is 2.92. The summed E-state index contributed by atoms with van der Waals surface area (Å²) in [4.78, 5) is 4.31. The number of benzene rings is 1. The van der Waals surface area contributed by atoms with E-state index in [0.29, 0.717) is 0 Å². The molecule has 2 aromatic rings. The molecule has 2 rings (SSSR count). The zero-order valence-electron chi connectivity index (χ0n) is 10.4. The molecule has 1 aromatic heterocycles. The first-order chi connectivity index (χ1) is 8.35. The highest BCUT2D eigenvalue weighted by Crippen LogP contribution is 2.25. The average molecular weight is 226 g/mol. The van der Waals surface area contributed by atoms with Crippen LogP contribution in [0.4, 0.5) is 11.5 Å². The Morgan fingerprint density at radius 2 is 1.65 bits per heavy atom. The number of nitrogens with zero attached hydrogens (tertiary/aromatic N) is 1. The molecule has 0 saturated carbocycles. The standard InChI is InChI=1S/C15H18N2/c1-3-12-8-7-9-13(4-2)15(12)17-14-10-5-6-11-16-14/h5-11H,3-4H2,1-2H3,(H,16,17). The lowest BCUT2D eigenvalue weighted by Crippen LogP contribution is -2.00. The van der Waals surface area contributed by atoms with Crippen molar-refractivity contribution in [3.63, 3.8) is 0 Å². The maximum atomic E-state index is 4.31. The van der Waals surface area contributed by atoms with E-state index < -0.39 is 0 Å². The molecule has 88 valence electrons. The fourth-order valence-electron chi connectivity index (χ4n) is 1.97. The molecule has 1 aromatic carbocycles. The fourth-order valence-corrected chi connectivity index (χ4v) is 1.97. The molecule has 0 aliphatic carbocycles. The van der Waals surface area contributed by atoms with Crippen LogP contribution in [0.5, 0.6) is 0 Å². The van der Waals surface area contributed by atoms with Crippen molar-refractivity contribution >= 4 is 11.5 Å². The van der Waals surface area contributed by atoms with E-state index in [1.54, 1.807) is 0 Å². The van der Waals surface area contributed by atoms with Crippen molar-refractivity contribution in [2.45, 2.75) is 26.7 Å². The molecule has 0 bridgehead atoms. The molecule has 1 N–H and O–H groups in total. The minimum atomic E-state index is 0.906. The molecule has 2 heteroatoms. The molecule has 0 fully saturated rings. The van der Waals surface area contributed by atoms with Crippen molar-refractivity contribution < 1.29 is 0 Å². The Labute approximate surface area is 103 Å². The van der Waals surface area contributed by atoms with Gasteiger partial charge in [0.25, 0.3) is 0 Å². The van der Waals surface area contributed by atoms with Gasteiger partial charge in [0, 0.05) is 11.9 Å². The molecule has 0 unspecified atom stereocenters. The van der Waals surface area contributed by atoms with Gasteiger partial charge in [-0.05, 0) is 36.1 Å². The normalized spacial score (nSPS) is 10.2. The first-order valence-electron chi connectivity index (χ1n) is 6.14. The molecular weight excluding hydrogens is 208 g/mol. The molecule has 0 spiro atoms. The molecular formula is C15H18N2. The molecule has 1 heterocycles. The van der Waals surface area contributed by atoms with Crippen molar-refractivity contribution in [2.75, 3.05) is 5.32 Å². The molecule has 0 amide bonds. The maximum absolute atomic E-state index is 4.31. The van der Waals surface area contributed by atoms with Gasteiger partial charge in [0.2, 0.25) is 0 Å². The van der Waals surface area contributed by atoms with Crippen molar-refractivity contribution in [3.05, 3.63) is 53.7 Å². The average Bonchev–Trinajstić information content (AvgIpc) is 2.40. The lowest BCUT2D eigenvalue weighted by molar-refractivity contribution is 1.09. The number of hydrogen-bond donors (Lipinski definition) is 1. The van der Waals surface area contributed by atoms with E-state index in [2.05, 4.69) is 42.3 Å². The third-order valence-electron chi connectivity index (χ3n) is 2.92. The summed E-state index contributed by atoms with van der Waals surface area (Å²) in [6, 6.07) is 12.4. The van der Waals surface area contributed by atoms with Gasteiger partial charge in [-0.15, -0.1) is 0 Å². The minimum Gasteiger partial charge on any atom is -0.340 e. The molecule has 0 radical (unpaired) electrons. The summed E-state index contributed by atoms with van der Waals surface area (Å²) in [6.07, 6.45) is 3.87. The van der Waals surface area contributed by atoms with Crippen molar-refractivity contribution in [3.8, 4) is 0 Å². The predicted molar refractivity (Wildman–Crippen MR) is 72.7 cm³/mol. The van der Waals surface area contributed by atoms with Crippen LogP contribution in [0.1, 0.15) is 25.0 Å². The highest BCUT2D eigenvalue weighted by molar-refractivity contribution is 5.65. The maximum Gasteiger partial charge on any atom is 0.130 e. The van der Waals surface area contributed by atoms with Crippen molar-refractivity contribution in [1.29, 1.82) is 0 Å². The van der Waals surface area contributed by atoms with Gasteiger partial charge in [0.1, 0.15) is 5.82 Å². The second-order valence-electron chi connectivity index (χ2n) is 4.00. The lowest BCUT2D eigenvalue weighted by Gasteiger charge is -2.14. The number of hydrogen-bond acceptors (Lipinski definition) is 2. The predicted octanol–water partition coefficient (Wildman–Crippen LogP) is 3.95. The van der Waals surface area contributed by atoms with Gasteiger partial charge in [0.05, 0.1) is 0 Å². The number of nitrogens with one attached hydrogen (secondary N) is 1. The molecule has 0 aliphatic rings. The molecule has 17 heavy (non-hydrogen) atoms. The Balaban J connectivity index is 2.37. The fraction of sp³-hybridized carbons (Fsp3) is 0.267. The number of aromatic nitrogens is 1. The van der Waals surface area contributed by atoms with E-state index in [0.717, 1.165) is 18.7 Å². The Morgan fingerprint density at radius 3 is 2.18 bits per heavy atom. The van der Waals surface area contributed by atoms with Gasteiger partial charge in [0.15, 0.2) is 0 Å². The Bertz CT molecular complexity index is 455. The second-order valence-corrected chi connectivity index (χ2v) is 4.00. The summed E-state index contributed by atoms with van der Waals surface area (Å²) < 4.78 is 0. The summed E-state index contributed by atoms with van der Waals surface area (Å²) in [5.41, 5.74) is 3.90. The van der Waals surface area contributed by atoms with Gasteiger partial charge in [-0.1, -0.05) is 38.1 Å². The molecule has 0 aliphatic heterocycles. The summed E-state index contributed by atoms with van der Waals surface area (Å²) in [7, 11) is 0. The topological polar surface area (TPSA) is 24.9 Å². The molecule has 0 saturated heterocycles. The number of rotatable bonds is 4. The quantitative estimate of drug-likeness (QED) is 0.853. The van der Waals surface area contributed by atoms with Gasteiger partial charge in [-0.2, -0.15) is 0 Å². The van der Waals surface area contributed by atoms with Crippen LogP contribution < -0.4 is 5.32 Å². The second kappa shape index (κ2) is 5.48. The van der Waals surface area contributed by atoms with Crippen LogP contribution in [0.15, 0.2) is 42.6 Å². The third kappa shape index (κ3) is 2.64. The first-order valence-corrected chi connectivity index (χ1v) is 6.14. The van der Waals surface area contributed by atoms with Crippen LogP contribution in [-0.2, 0) is 12.8 Å². The van der Waals surface area contributed by atoms with Crippen LogP contribution in [0.25, 0.3) is 0 Å². The van der Waals surface area contributed by atoms with E-state index in [4.69, 9.17) is 0 Å². The Hall–Kier alpha value is -1.83. The number of anilines is 2. The SMILES string of the molecule is CCc1cccc(CC)c1Nc1ccccn1. The first kappa shape index (κ1) is 11.6. The largest absolute Gasteiger partial charge is 0.340 e. The summed E-state index contributed by atoms with van der Waals surface area (Å²) >= 11 is 0. The van der Waals surface area contributed by atoms with Gasteiger partial charge < -0.3 is 5.32 Å². The number of para-hydroxylation sites is 1. The number of aryl methyl sites for hydroxylation is 2. The molecule has 2 nitrogen and oxygen atoms in total.